The number of fused-ring (bicyclic) bond motifs is 7. The van der Waals surface area contributed by atoms with Crippen molar-refractivity contribution in [3.63, 3.8) is 0 Å². The molecule has 39 heavy (non-hydrogen) atoms. The van der Waals surface area contributed by atoms with Gasteiger partial charge in [0.05, 0.1) is 0 Å². The van der Waals surface area contributed by atoms with Gasteiger partial charge >= 0.3 is 0 Å². The number of allylic oxidation sites excluding steroid dienone is 3. The summed E-state index contributed by atoms with van der Waals surface area (Å²) in [6.45, 7) is 24.4. The highest BCUT2D eigenvalue weighted by Gasteiger charge is 2.69. The Morgan fingerprint density at radius 3 is 2.13 bits per heavy atom. The minimum absolute atomic E-state index is 0.130. The van der Waals surface area contributed by atoms with Crippen LogP contribution in [0.25, 0.3) is 5.57 Å². The van der Waals surface area contributed by atoms with E-state index < -0.39 is 0 Å². The van der Waals surface area contributed by atoms with Crippen LogP contribution < -0.4 is 0 Å². The molecule has 1 nitrogen and oxygen atoms in total. The Hall–Kier alpha value is -1.63. The zero-order chi connectivity index (χ0) is 28.2. The van der Waals surface area contributed by atoms with Crippen LogP contribution in [0.2, 0.25) is 0 Å². The highest BCUT2D eigenvalue weighted by molar-refractivity contribution is 5.94. The third-order valence-electron chi connectivity index (χ3n) is 14.7. The number of carbonyl (C=O) groups excluding carboxylic acids is 1. The molecule has 1 heteroatoms. The van der Waals surface area contributed by atoms with Crippen molar-refractivity contribution in [1.82, 2.24) is 0 Å². The van der Waals surface area contributed by atoms with Gasteiger partial charge in [0, 0.05) is 5.56 Å². The third-order valence-corrected chi connectivity index (χ3v) is 14.7. The molecule has 0 amide bonds. The van der Waals surface area contributed by atoms with E-state index in [1.165, 1.54) is 74.5 Å². The lowest BCUT2D eigenvalue weighted by molar-refractivity contribution is -0.223. The summed E-state index contributed by atoms with van der Waals surface area (Å²) < 4.78 is 0. The summed E-state index contributed by atoms with van der Waals surface area (Å²) in [6, 6.07) is 8.46. The standard InChI is InChI=1S/C38H54O/c1-24(2)28-16-19-35(6)22-23-37(8)30(33(28)35)14-15-32-36(7)20-17-29(27-12-10-26(11-13-27)25(3)39)34(4,5)31(36)18-21-38(32,37)9/h10-13,17,28,30-33H,1,14-16,18-23H2,2-9H3/t28-,30+,31-,32+,33+,35+,36-,37+,38+/m0/s1. The monoisotopic (exact) mass is 526 g/mol. The molecule has 5 aliphatic carbocycles. The molecule has 0 radical (unpaired) electrons. The van der Waals surface area contributed by atoms with Crippen molar-refractivity contribution in [1.29, 1.82) is 0 Å². The van der Waals surface area contributed by atoms with Crippen molar-refractivity contribution in [2.45, 2.75) is 113 Å². The van der Waals surface area contributed by atoms with E-state index in [0.717, 1.165) is 29.2 Å². The molecular formula is C38H54O. The van der Waals surface area contributed by atoms with Gasteiger partial charge in [0.25, 0.3) is 0 Å². The summed E-state index contributed by atoms with van der Waals surface area (Å²) in [6.07, 6.45) is 15.0. The Kier molecular flexibility index (Phi) is 6.13. The van der Waals surface area contributed by atoms with Gasteiger partial charge in [-0.25, -0.2) is 0 Å². The summed E-state index contributed by atoms with van der Waals surface area (Å²) in [5, 5.41) is 0. The number of ketones is 1. The molecule has 9 atom stereocenters. The average molecular weight is 527 g/mol. The van der Waals surface area contributed by atoms with Crippen molar-refractivity contribution in [2.24, 2.45) is 56.7 Å². The fourth-order valence-electron chi connectivity index (χ4n) is 12.5. The van der Waals surface area contributed by atoms with Crippen LogP contribution in [0, 0.1) is 56.7 Å². The second-order valence-electron chi connectivity index (χ2n) is 16.5. The van der Waals surface area contributed by atoms with Crippen LogP contribution in [0.4, 0.5) is 0 Å². The topological polar surface area (TPSA) is 17.1 Å². The second kappa shape index (κ2) is 8.69. The van der Waals surface area contributed by atoms with Gasteiger partial charge in [-0.1, -0.05) is 84.0 Å². The molecule has 0 bridgehead atoms. The number of Topliss-reactive ketones (excluding diaryl/α,β-unsaturated/α-hetero) is 1. The number of rotatable bonds is 3. The van der Waals surface area contributed by atoms with E-state index in [4.69, 9.17) is 0 Å². The van der Waals surface area contributed by atoms with E-state index in [1.807, 2.05) is 12.1 Å². The minimum atomic E-state index is 0.130. The SMILES string of the molecule is C=C(C)[C@@H]1CC[C@]2(C)CC[C@]3(C)[C@H](CC[C@@H]4[C@@]5(C)CC=C(c6ccc(C(C)=O)cc6)C(C)(C)[C@@H]5CC[C@]43C)[C@@H]12. The maximum absolute atomic E-state index is 11.9. The zero-order valence-corrected chi connectivity index (χ0v) is 26.3. The van der Waals surface area contributed by atoms with Gasteiger partial charge in [-0.3, -0.25) is 4.79 Å². The largest absolute Gasteiger partial charge is 0.295 e. The fourth-order valence-corrected chi connectivity index (χ4v) is 12.5. The number of hydrogen-bond acceptors (Lipinski definition) is 1. The van der Waals surface area contributed by atoms with E-state index in [1.54, 1.807) is 6.92 Å². The lowest BCUT2D eigenvalue weighted by atomic mass is 9.32. The van der Waals surface area contributed by atoms with Gasteiger partial charge in [-0.15, -0.1) is 0 Å². The van der Waals surface area contributed by atoms with Crippen molar-refractivity contribution in [2.75, 3.05) is 0 Å². The molecule has 0 unspecified atom stereocenters. The number of carbonyl (C=O) groups is 1. The van der Waals surface area contributed by atoms with E-state index in [0.29, 0.717) is 27.6 Å². The molecule has 5 aliphatic rings. The average Bonchev–Trinajstić information content (AvgIpc) is 3.22. The van der Waals surface area contributed by atoms with E-state index >= 15 is 0 Å². The molecule has 0 N–H and O–H groups in total. The highest BCUT2D eigenvalue weighted by Crippen LogP contribution is 2.77. The van der Waals surface area contributed by atoms with Gasteiger partial charge in [-0.05, 0) is 139 Å². The van der Waals surface area contributed by atoms with Gasteiger partial charge in [0.2, 0.25) is 0 Å². The Morgan fingerprint density at radius 1 is 0.795 bits per heavy atom. The molecule has 0 saturated heterocycles. The van der Waals surface area contributed by atoms with E-state index in [9.17, 15) is 4.79 Å². The van der Waals surface area contributed by atoms with Crippen LogP contribution in [0.3, 0.4) is 0 Å². The lowest BCUT2D eigenvalue weighted by Gasteiger charge is -2.72. The van der Waals surface area contributed by atoms with E-state index in [-0.39, 0.29) is 11.2 Å². The quantitative estimate of drug-likeness (QED) is 0.283. The predicted molar refractivity (Wildman–Crippen MR) is 164 cm³/mol. The first kappa shape index (κ1) is 27.5. The van der Waals surface area contributed by atoms with Crippen molar-refractivity contribution < 1.29 is 4.79 Å². The molecular weight excluding hydrogens is 472 g/mol. The Labute approximate surface area is 239 Å². The van der Waals surface area contributed by atoms with E-state index in [2.05, 4.69) is 73.3 Å². The third kappa shape index (κ3) is 3.59. The van der Waals surface area contributed by atoms with Crippen LogP contribution in [0.15, 0.2) is 42.5 Å². The molecule has 0 aliphatic heterocycles. The maximum Gasteiger partial charge on any atom is 0.159 e. The van der Waals surface area contributed by atoms with Gasteiger partial charge < -0.3 is 0 Å². The molecule has 6 rings (SSSR count). The van der Waals surface area contributed by atoms with Crippen LogP contribution >= 0.6 is 0 Å². The molecule has 0 heterocycles. The lowest BCUT2D eigenvalue weighted by Crippen LogP contribution is -2.65. The molecule has 4 saturated carbocycles. The highest BCUT2D eigenvalue weighted by atomic mass is 16.1. The summed E-state index contributed by atoms with van der Waals surface area (Å²) in [4.78, 5) is 11.9. The first-order valence-corrected chi connectivity index (χ1v) is 16.2. The van der Waals surface area contributed by atoms with Crippen molar-refractivity contribution >= 4 is 11.4 Å². The predicted octanol–water partition coefficient (Wildman–Crippen LogP) is 10.6. The van der Waals surface area contributed by atoms with Crippen molar-refractivity contribution in [3.8, 4) is 0 Å². The first-order valence-electron chi connectivity index (χ1n) is 16.2. The van der Waals surface area contributed by atoms with Gasteiger partial charge in [0.1, 0.15) is 0 Å². The molecule has 4 fully saturated rings. The minimum Gasteiger partial charge on any atom is -0.295 e. The summed E-state index contributed by atoms with van der Waals surface area (Å²) in [5.74, 6) is 4.06. The Morgan fingerprint density at radius 2 is 1.49 bits per heavy atom. The molecule has 0 aromatic heterocycles. The Bertz CT molecular complexity index is 1220. The first-order chi connectivity index (χ1) is 18.2. The van der Waals surface area contributed by atoms with Crippen LogP contribution in [-0.4, -0.2) is 5.78 Å². The Balaban J connectivity index is 1.36. The van der Waals surface area contributed by atoms with Gasteiger partial charge in [0.15, 0.2) is 5.78 Å². The molecule has 1 aromatic carbocycles. The van der Waals surface area contributed by atoms with Crippen LogP contribution in [0.1, 0.15) is 129 Å². The summed E-state index contributed by atoms with van der Waals surface area (Å²) in [7, 11) is 0. The smallest absolute Gasteiger partial charge is 0.159 e. The second-order valence-corrected chi connectivity index (χ2v) is 16.5. The normalized spacial score (nSPS) is 46.3. The zero-order valence-electron chi connectivity index (χ0n) is 26.3. The molecule has 0 spiro atoms. The summed E-state index contributed by atoms with van der Waals surface area (Å²) in [5.41, 5.74) is 6.94. The number of benzene rings is 1. The van der Waals surface area contributed by atoms with Crippen LogP contribution in [0.5, 0.6) is 0 Å². The van der Waals surface area contributed by atoms with Gasteiger partial charge in [-0.2, -0.15) is 0 Å². The molecule has 212 valence electrons. The van der Waals surface area contributed by atoms with Crippen molar-refractivity contribution in [3.05, 3.63) is 53.6 Å². The fraction of sp³-hybridized carbons (Fsp3) is 0.711. The summed E-state index contributed by atoms with van der Waals surface area (Å²) >= 11 is 0. The molecule has 1 aromatic rings. The number of hydrogen-bond donors (Lipinski definition) is 0. The maximum atomic E-state index is 11.9. The van der Waals surface area contributed by atoms with Crippen LogP contribution in [-0.2, 0) is 0 Å².